The molecule has 5 heteroatoms. The van der Waals surface area contributed by atoms with Crippen LogP contribution in [-0.4, -0.2) is 43.6 Å². The van der Waals surface area contributed by atoms with E-state index in [0.29, 0.717) is 19.5 Å². The van der Waals surface area contributed by atoms with E-state index in [1.165, 1.54) is 7.11 Å². The first-order valence-electron chi connectivity index (χ1n) is 4.83. The number of carbonyl (C=O) groups is 2. The summed E-state index contributed by atoms with van der Waals surface area (Å²) in [7, 11) is 1.32. The van der Waals surface area contributed by atoms with Gasteiger partial charge in [-0.3, -0.25) is 4.79 Å². The zero-order valence-corrected chi connectivity index (χ0v) is 8.41. The minimum absolute atomic E-state index is 0.183. The number of hydrogen-bond donors (Lipinski definition) is 1. The van der Waals surface area contributed by atoms with E-state index in [1.54, 1.807) is 4.90 Å². The van der Waals surface area contributed by atoms with Gasteiger partial charge in [0, 0.05) is 26.1 Å². The maximum atomic E-state index is 11.3. The lowest BCUT2D eigenvalue weighted by atomic mass is 10.1. The lowest BCUT2D eigenvalue weighted by Crippen LogP contribution is -2.40. The summed E-state index contributed by atoms with van der Waals surface area (Å²) in [6.07, 6.45) is 2.23. The predicted octanol–water partition coefficient (Wildman–Crippen LogP) is 0.355. The van der Waals surface area contributed by atoms with Crippen molar-refractivity contribution in [3.8, 4) is 0 Å². The SMILES string of the molecule is COC(=O)NCCN1CCCCC1=O. The van der Waals surface area contributed by atoms with E-state index in [0.717, 1.165) is 19.4 Å². The van der Waals surface area contributed by atoms with E-state index in [-0.39, 0.29) is 5.91 Å². The number of ether oxygens (including phenoxy) is 1. The van der Waals surface area contributed by atoms with Gasteiger partial charge in [-0.1, -0.05) is 0 Å². The molecule has 0 aromatic heterocycles. The lowest BCUT2D eigenvalue weighted by molar-refractivity contribution is -0.133. The van der Waals surface area contributed by atoms with Gasteiger partial charge in [0.2, 0.25) is 5.91 Å². The van der Waals surface area contributed by atoms with Crippen LogP contribution in [0.4, 0.5) is 4.79 Å². The molecule has 0 radical (unpaired) electrons. The predicted molar refractivity (Wildman–Crippen MR) is 50.8 cm³/mol. The van der Waals surface area contributed by atoms with Crippen molar-refractivity contribution in [2.75, 3.05) is 26.7 Å². The summed E-state index contributed by atoms with van der Waals surface area (Å²) < 4.78 is 4.41. The first kappa shape index (κ1) is 10.8. The van der Waals surface area contributed by atoms with Crippen molar-refractivity contribution in [2.24, 2.45) is 0 Å². The van der Waals surface area contributed by atoms with Gasteiger partial charge in [0.1, 0.15) is 0 Å². The summed E-state index contributed by atoms with van der Waals surface area (Å²) >= 11 is 0. The molecular weight excluding hydrogens is 184 g/mol. The van der Waals surface area contributed by atoms with Gasteiger partial charge in [-0.15, -0.1) is 0 Å². The third kappa shape index (κ3) is 3.24. The first-order chi connectivity index (χ1) is 6.74. The Balaban J connectivity index is 2.16. The van der Waals surface area contributed by atoms with Gasteiger partial charge in [0.05, 0.1) is 7.11 Å². The number of alkyl carbamates (subject to hydrolysis) is 1. The molecule has 1 aliphatic heterocycles. The van der Waals surface area contributed by atoms with Crippen LogP contribution in [0.15, 0.2) is 0 Å². The highest BCUT2D eigenvalue weighted by Crippen LogP contribution is 2.09. The van der Waals surface area contributed by atoms with Crippen molar-refractivity contribution < 1.29 is 14.3 Å². The fourth-order valence-electron chi connectivity index (χ4n) is 1.46. The molecule has 80 valence electrons. The number of nitrogens with one attached hydrogen (secondary N) is 1. The van der Waals surface area contributed by atoms with E-state index in [9.17, 15) is 9.59 Å². The average molecular weight is 200 g/mol. The molecule has 1 rings (SSSR count). The fraction of sp³-hybridized carbons (Fsp3) is 0.778. The van der Waals surface area contributed by atoms with Crippen molar-refractivity contribution in [2.45, 2.75) is 19.3 Å². The van der Waals surface area contributed by atoms with Gasteiger partial charge >= 0.3 is 6.09 Å². The van der Waals surface area contributed by atoms with E-state index >= 15 is 0 Å². The van der Waals surface area contributed by atoms with Gasteiger partial charge in [0.15, 0.2) is 0 Å². The monoisotopic (exact) mass is 200 g/mol. The van der Waals surface area contributed by atoms with Gasteiger partial charge in [-0.2, -0.15) is 0 Å². The van der Waals surface area contributed by atoms with Crippen LogP contribution < -0.4 is 5.32 Å². The summed E-state index contributed by atoms with van der Waals surface area (Å²) in [5.74, 6) is 0.183. The van der Waals surface area contributed by atoms with E-state index in [2.05, 4.69) is 10.1 Å². The van der Waals surface area contributed by atoms with Gasteiger partial charge in [0.25, 0.3) is 0 Å². The largest absolute Gasteiger partial charge is 0.453 e. The molecule has 1 heterocycles. The molecule has 1 N–H and O–H groups in total. The second kappa shape index (κ2) is 5.47. The number of rotatable bonds is 3. The molecule has 0 bridgehead atoms. The Labute approximate surface area is 83.4 Å². The fourth-order valence-corrected chi connectivity index (χ4v) is 1.46. The second-order valence-electron chi connectivity index (χ2n) is 3.26. The van der Waals surface area contributed by atoms with Crippen molar-refractivity contribution in [3.05, 3.63) is 0 Å². The van der Waals surface area contributed by atoms with E-state index in [4.69, 9.17) is 0 Å². The maximum absolute atomic E-state index is 11.3. The highest BCUT2D eigenvalue weighted by Gasteiger charge is 2.17. The molecule has 0 aromatic rings. The third-order valence-electron chi connectivity index (χ3n) is 2.26. The molecule has 14 heavy (non-hydrogen) atoms. The van der Waals surface area contributed by atoms with E-state index in [1.807, 2.05) is 0 Å². The molecular formula is C9H16N2O3. The molecule has 0 spiro atoms. The molecule has 0 aliphatic carbocycles. The number of methoxy groups -OCH3 is 1. The molecule has 5 nitrogen and oxygen atoms in total. The average Bonchev–Trinajstić information content (AvgIpc) is 2.20. The minimum atomic E-state index is -0.450. The summed E-state index contributed by atoms with van der Waals surface area (Å²) in [6, 6.07) is 0. The van der Waals surface area contributed by atoms with Crippen LogP contribution in [0.3, 0.4) is 0 Å². The summed E-state index contributed by atoms with van der Waals surface area (Å²) in [5, 5.41) is 2.55. The number of amides is 2. The van der Waals surface area contributed by atoms with Crippen LogP contribution in [0.1, 0.15) is 19.3 Å². The Hall–Kier alpha value is -1.26. The normalized spacial score (nSPS) is 16.6. The summed E-state index contributed by atoms with van der Waals surface area (Å²) in [6.45, 7) is 1.84. The molecule has 0 aromatic carbocycles. The molecule has 0 atom stereocenters. The molecule has 1 saturated heterocycles. The maximum Gasteiger partial charge on any atom is 0.406 e. The molecule has 0 saturated carbocycles. The van der Waals surface area contributed by atoms with Crippen LogP contribution in [0, 0.1) is 0 Å². The van der Waals surface area contributed by atoms with Crippen LogP contribution in [0.5, 0.6) is 0 Å². The standard InChI is InChI=1S/C9H16N2O3/c1-14-9(13)10-5-7-11-6-3-2-4-8(11)12/h2-7H2,1H3,(H,10,13). The molecule has 2 amide bonds. The lowest BCUT2D eigenvalue weighted by Gasteiger charge is -2.26. The van der Waals surface area contributed by atoms with Gasteiger partial charge in [-0.05, 0) is 12.8 Å². The highest BCUT2D eigenvalue weighted by molar-refractivity contribution is 5.76. The number of hydrogen-bond acceptors (Lipinski definition) is 3. The van der Waals surface area contributed by atoms with Crippen LogP contribution in [0.2, 0.25) is 0 Å². The van der Waals surface area contributed by atoms with Crippen molar-refractivity contribution in [1.82, 2.24) is 10.2 Å². The topological polar surface area (TPSA) is 58.6 Å². The van der Waals surface area contributed by atoms with Crippen LogP contribution in [-0.2, 0) is 9.53 Å². The highest BCUT2D eigenvalue weighted by atomic mass is 16.5. The first-order valence-corrected chi connectivity index (χ1v) is 4.83. The number of likely N-dealkylation sites (tertiary alicyclic amines) is 1. The minimum Gasteiger partial charge on any atom is -0.453 e. The Morgan fingerprint density at radius 2 is 2.36 bits per heavy atom. The smallest absolute Gasteiger partial charge is 0.406 e. The Kier molecular flexibility index (Phi) is 4.22. The number of nitrogens with zero attached hydrogens (tertiary/aromatic N) is 1. The van der Waals surface area contributed by atoms with Crippen LogP contribution >= 0.6 is 0 Å². The Morgan fingerprint density at radius 1 is 1.57 bits per heavy atom. The molecule has 0 unspecified atom stereocenters. The Bertz CT molecular complexity index is 218. The number of piperidine rings is 1. The third-order valence-corrected chi connectivity index (χ3v) is 2.26. The zero-order valence-electron chi connectivity index (χ0n) is 8.41. The van der Waals surface area contributed by atoms with Crippen molar-refractivity contribution in [3.63, 3.8) is 0 Å². The van der Waals surface area contributed by atoms with E-state index < -0.39 is 6.09 Å². The van der Waals surface area contributed by atoms with Crippen LogP contribution in [0.25, 0.3) is 0 Å². The zero-order chi connectivity index (χ0) is 10.4. The molecule has 1 fully saturated rings. The quantitative estimate of drug-likeness (QED) is 0.715. The van der Waals surface area contributed by atoms with Gasteiger partial charge in [-0.25, -0.2) is 4.79 Å². The molecule has 1 aliphatic rings. The van der Waals surface area contributed by atoms with Crippen molar-refractivity contribution in [1.29, 1.82) is 0 Å². The Morgan fingerprint density at radius 3 is 3.00 bits per heavy atom. The second-order valence-corrected chi connectivity index (χ2v) is 3.26. The van der Waals surface area contributed by atoms with Crippen molar-refractivity contribution >= 4 is 12.0 Å². The summed E-state index contributed by atoms with van der Waals surface area (Å²) in [4.78, 5) is 23.8. The van der Waals surface area contributed by atoms with Gasteiger partial charge < -0.3 is 15.0 Å². The number of carbonyl (C=O) groups excluding carboxylic acids is 2. The summed E-state index contributed by atoms with van der Waals surface area (Å²) in [5.41, 5.74) is 0.